The van der Waals surface area contributed by atoms with E-state index in [9.17, 15) is 14.0 Å². The molecule has 0 radical (unpaired) electrons. The number of carbonyl (C=O) groups excluding carboxylic acids is 2. The van der Waals surface area contributed by atoms with Crippen LogP contribution in [0.2, 0.25) is 0 Å². The van der Waals surface area contributed by atoms with Crippen molar-refractivity contribution in [2.24, 2.45) is 0 Å². The van der Waals surface area contributed by atoms with Gasteiger partial charge in [-0.3, -0.25) is 9.59 Å². The van der Waals surface area contributed by atoms with Crippen LogP contribution in [0.1, 0.15) is 36.0 Å². The molecular weight excluding hydrogens is 355 g/mol. The standard InChI is InChI=1S/C23H23FN2O2/c1-15-9-10-19(16(2)13-15)20-21(25-11-4-3-5-12-25)23(28)26(22(20)27)18-8-6-7-17(24)14-18/h6-10,13-14H,3-5,11-12H2,1-2H3. The third kappa shape index (κ3) is 3.11. The summed E-state index contributed by atoms with van der Waals surface area (Å²) in [5, 5.41) is 0. The fraction of sp³-hybridized carbons (Fsp3) is 0.304. The number of rotatable bonds is 3. The molecular formula is C23H23FN2O2. The van der Waals surface area contributed by atoms with Gasteiger partial charge in [-0.2, -0.15) is 0 Å². The van der Waals surface area contributed by atoms with Crippen molar-refractivity contribution in [3.63, 3.8) is 0 Å². The maximum Gasteiger partial charge on any atom is 0.282 e. The molecule has 4 rings (SSSR count). The molecule has 0 unspecified atom stereocenters. The third-order valence-electron chi connectivity index (χ3n) is 5.45. The van der Waals surface area contributed by atoms with E-state index in [2.05, 4.69) is 0 Å². The average Bonchev–Trinajstić information content (AvgIpc) is 2.93. The number of carbonyl (C=O) groups is 2. The molecule has 2 amide bonds. The van der Waals surface area contributed by atoms with Gasteiger partial charge in [0.05, 0.1) is 11.3 Å². The number of hydrogen-bond donors (Lipinski definition) is 0. The Balaban J connectivity index is 1.87. The molecule has 1 fully saturated rings. The number of hydrogen-bond acceptors (Lipinski definition) is 3. The Morgan fingerprint density at radius 2 is 1.64 bits per heavy atom. The Labute approximate surface area is 164 Å². The highest BCUT2D eigenvalue weighted by Gasteiger charge is 2.43. The highest BCUT2D eigenvalue weighted by atomic mass is 19.1. The van der Waals surface area contributed by atoms with Crippen LogP contribution in [-0.2, 0) is 9.59 Å². The van der Waals surface area contributed by atoms with Crippen molar-refractivity contribution in [2.75, 3.05) is 18.0 Å². The van der Waals surface area contributed by atoms with Gasteiger partial charge in [-0.15, -0.1) is 0 Å². The van der Waals surface area contributed by atoms with Crippen molar-refractivity contribution in [1.82, 2.24) is 4.90 Å². The van der Waals surface area contributed by atoms with E-state index in [0.29, 0.717) is 11.3 Å². The predicted octanol–water partition coefficient (Wildman–Crippen LogP) is 4.21. The fourth-order valence-electron chi connectivity index (χ4n) is 4.12. The number of piperidine rings is 1. The zero-order chi connectivity index (χ0) is 19.8. The van der Waals surface area contributed by atoms with Crippen LogP contribution < -0.4 is 4.90 Å². The first-order valence-corrected chi connectivity index (χ1v) is 9.68. The largest absolute Gasteiger partial charge is 0.366 e. The summed E-state index contributed by atoms with van der Waals surface area (Å²) in [6.07, 6.45) is 3.11. The lowest BCUT2D eigenvalue weighted by molar-refractivity contribution is -0.120. The molecule has 0 spiro atoms. The summed E-state index contributed by atoms with van der Waals surface area (Å²) in [5.74, 6) is -1.23. The second kappa shape index (κ2) is 7.23. The highest BCUT2D eigenvalue weighted by Crippen LogP contribution is 2.37. The van der Waals surface area contributed by atoms with Gasteiger partial charge in [-0.25, -0.2) is 9.29 Å². The summed E-state index contributed by atoms with van der Waals surface area (Å²) in [6.45, 7) is 5.45. The first-order valence-electron chi connectivity index (χ1n) is 9.68. The van der Waals surface area contributed by atoms with Gasteiger partial charge in [0.25, 0.3) is 11.8 Å². The molecule has 2 aromatic rings. The molecule has 2 aliphatic rings. The molecule has 2 heterocycles. The van der Waals surface area contributed by atoms with E-state index in [1.165, 1.54) is 18.2 Å². The van der Waals surface area contributed by atoms with Crippen molar-refractivity contribution in [2.45, 2.75) is 33.1 Å². The summed E-state index contributed by atoms with van der Waals surface area (Å²) in [7, 11) is 0. The van der Waals surface area contributed by atoms with Gasteiger partial charge in [0.15, 0.2) is 0 Å². The minimum Gasteiger partial charge on any atom is -0.366 e. The van der Waals surface area contributed by atoms with Crippen LogP contribution in [-0.4, -0.2) is 29.8 Å². The topological polar surface area (TPSA) is 40.6 Å². The Bertz CT molecular complexity index is 990. The van der Waals surface area contributed by atoms with Crippen LogP contribution in [0, 0.1) is 19.7 Å². The molecule has 0 saturated carbocycles. The van der Waals surface area contributed by atoms with Gasteiger partial charge in [0, 0.05) is 13.1 Å². The SMILES string of the molecule is Cc1ccc(C2=C(N3CCCCC3)C(=O)N(c3cccc(F)c3)C2=O)c(C)c1. The number of benzene rings is 2. The fourth-order valence-corrected chi connectivity index (χ4v) is 4.12. The first kappa shape index (κ1) is 18.4. The van der Waals surface area contributed by atoms with E-state index in [-0.39, 0.29) is 17.5 Å². The van der Waals surface area contributed by atoms with Gasteiger partial charge in [0.2, 0.25) is 0 Å². The number of aryl methyl sites for hydroxylation is 2. The molecule has 2 aromatic carbocycles. The molecule has 0 N–H and O–H groups in total. The maximum atomic E-state index is 13.8. The van der Waals surface area contributed by atoms with E-state index in [1.54, 1.807) is 6.07 Å². The number of amides is 2. The van der Waals surface area contributed by atoms with Crippen molar-refractivity contribution in [3.8, 4) is 0 Å². The van der Waals surface area contributed by atoms with Gasteiger partial charge in [0.1, 0.15) is 11.5 Å². The predicted molar refractivity (Wildman–Crippen MR) is 107 cm³/mol. The van der Waals surface area contributed by atoms with Crippen molar-refractivity contribution in [1.29, 1.82) is 0 Å². The normalized spacial score (nSPS) is 17.7. The van der Waals surface area contributed by atoms with Crippen LogP contribution in [0.15, 0.2) is 48.2 Å². The smallest absolute Gasteiger partial charge is 0.282 e. The number of imide groups is 1. The van der Waals surface area contributed by atoms with Crippen LogP contribution in [0.25, 0.3) is 5.57 Å². The lowest BCUT2D eigenvalue weighted by Gasteiger charge is -2.29. The van der Waals surface area contributed by atoms with Crippen LogP contribution in [0.5, 0.6) is 0 Å². The summed E-state index contributed by atoms with van der Waals surface area (Å²) in [5.41, 5.74) is 3.95. The van der Waals surface area contributed by atoms with Crippen molar-refractivity contribution >= 4 is 23.1 Å². The van der Waals surface area contributed by atoms with Gasteiger partial charge in [-0.05, 0) is 62.4 Å². The number of halogens is 1. The van der Waals surface area contributed by atoms with Crippen molar-refractivity contribution < 1.29 is 14.0 Å². The molecule has 1 saturated heterocycles. The number of likely N-dealkylation sites (tertiary alicyclic amines) is 1. The molecule has 28 heavy (non-hydrogen) atoms. The first-order chi connectivity index (χ1) is 13.5. The average molecular weight is 378 g/mol. The van der Waals surface area contributed by atoms with E-state index >= 15 is 0 Å². The molecule has 0 aromatic heterocycles. The van der Waals surface area contributed by atoms with E-state index in [1.807, 2.05) is 36.9 Å². The Morgan fingerprint density at radius 3 is 2.32 bits per heavy atom. The second-order valence-corrected chi connectivity index (χ2v) is 7.52. The Kier molecular flexibility index (Phi) is 4.75. The van der Waals surface area contributed by atoms with Crippen LogP contribution in [0.3, 0.4) is 0 Å². The van der Waals surface area contributed by atoms with E-state index in [0.717, 1.165) is 53.9 Å². The van der Waals surface area contributed by atoms with Crippen LogP contribution >= 0.6 is 0 Å². The van der Waals surface area contributed by atoms with Gasteiger partial charge >= 0.3 is 0 Å². The molecule has 0 aliphatic carbocycles. The van der Waals surface area contributed by atoms with Gasteiger partial charge in [-0.1, -0.05) is 29.8 Å². The zero-order valence-electron chi connectivity index (χ0n) is 16.2. The Hall–Kier alpha value is -2.95. The zero-order valence-corrected chi connectivity index (χ0v) is 16.2. The van der Waals surface area contributed by atoms with E-state index in [4.69, 9.17) is 0 Å². The molecule has 144 valence electrons. The quantitative estimate of drug-likeness (QED) is 0.751. The van der Waals surface area contributed by atoms with Crippen molar-refractivity contribution in [3.05, 3.63) is 70.7 Å². The minimum atomic E-state index is -0.474. The monoisotopic (exact) mass is 378 g/mol. The molecule has 5 heteroatoms. The summed E-state index contributed by atoms with van der Waals surface area (Å²) < 4.78 is 13.8. The summed E-state index contributed by atoms with van der Waals surface area (Å²) in [6, 6.07) is 11.5. The van der Waals surface area contributed by atoms with E-state index < -0.39 is 5.82 Å². The summed E-state index contributed by atoms with van der Waals surface area (Å²) >= 11 is 0. The highest BCUT2D eigenvalue weighted by molar-refractivity contribution is 6.45. The number of anilines is 1. The lowest BCUT2D eigenvalue weighted by Crippen LogP contribution is -2.37. The number of nitrogens with zero attached hydrogens (tertiary/aromatic N) is 2. The van der Waals surface area contributed by atoms with Crippen LogP contribution in [0.4, 0.5) is 10.1 Å². The third-order valence-corrected chi connectivity index (χ3v) is 5.45. The molecule has 2 aliphatic heterocycles. The summed E-state index contributed by atoms with van der Waals surface area (Å²) in [4.78, 5) is 29.9. The molecule has 0 atom stereocenters. The second-order valence-electron chi connectivity index (χ2n) is 7.52. The maximum absolute atomic E-state index is 13.8. The van der Waals surface area contributed by atoms with Gasteiger partial charge < -0.3 is 4.90 Å². The molecule has 4 nitrogen and oxygen atoms in total. The lowest BCUT2D eigenvalue weighted by atomic mass is 9.97. The Morgan fingerprint density at radius 1 is 0.893 bits per heavy atom. The molecule has 0 bridgehead atoms. The minimum absolute atomic E-state index is 0.268.